The van der Waals surface area contributed by atoms with Gasteiger partial charge in [0, 0.05) is 12.1 Å². The summed E-state index contributed by atoms with van der Waals surface area (Å²) in [4.78, 5) is 34.6. The predicted molar refractivity (Wildman–Crippen MR) is 137 cm³/mol. The lowest BCUT2D eigenvalue weighted by Crippen LogP contribution is -2.24. The number of ether oxygens (including phenoxy) is 3. The largest absolute Gasteiger partial charge is 0.495 e. The van der Waals surface area contributed by atoms with Crippen molar-refractivity contribution < 1.29 is 28.7 Å². The summed E-state index contributed by atoms with van der Waals surface area (Å²) in [5.74, 6) is 0.340. The number of hydrogen-bond acceptors (Lipinski definition) is 8. The number of nitro groups is 1. The van der Waals surface area contributed by atoms with Crippen LogP contribution in [-0.4, -0.2) is 36.7 Å². The van der Waals surface area contributed by atoms with Gasteiger partial charge in [0.2, 0.25) is 11.8 Å². The third-order valence-electron chi connectivity index (χ3n) is 4.91. The number of methoxy groups -OCH3 is 1. The van der Waals surface area contributed by atoms with Crippen LogP contribution in [0.1, 0.15) is 24.5 Å². The number of amides is 2. The highest BCUT2D eigenvalue weighted by atomic mass is 16.6. The molecule has 0 bridgehead atoms. The number of carbonyl (C=O) groups is 2. The molecule has 3 aromatic rings. The van der Waals surface area contributed by atoms with Gasteiger partial charge in [0.1, 0.15) is 18.8 Å². The van der Waals surface area contributed by atoms with Crippen molar-refractivity contribution in [3.05, 3.63) is 88.0 Å². The van der Waals surface area contributed by atoms with Crippen molar-refractivity contribution >= 4 is 29.4 Å². The number of nitrogens with one attached hydrogen (secondary N) is 2. The van der Waals surface area contributed by atoms with Crippen molar-refractivity contribution in [3.8, 4) is 17.2 Å². The Kier molecular flexibility index (Phi) is 9.54. The molecule has 0 aliphatic heterocycles. The van der Waals surface area contributed by atoms with Crippen molar-refractivity contribution in [1.82, 2.24) is 5.43 Å². The molecule has 0 saturated heterocycles. The lowest BCUT2D eigenvalue weighted by molar-refractivity contribution is -0.384. The highest BCUT2D eigenvalue weighted by molar-refractivity contribution is 6.04. The van der Waals surface area contributed by atoms with Crippen molar-refractivity contribution in [2.75, 3.05) is 19.0 Å². The molecule has 0 radical (unpaired) electrons. The summed E-state index contributed by atoms with van der Waals surface area (Å²) in [6.45, 7) is 2.42. The van der Waals surface area contributed by atoms with Gasteiger partial charge >= 0.3 is 0 Å². The molecule has 37 heavy (non-hydrogen) atoms. The number of non-ortho nitro benzene ring substituents is 1. The molecule has 2 amide bonds. The summed E-state index contributed by atoms with van der Waals surface area (Å²) in [5, 5.41) is 17.3. The molecule has 0 fully saturated rings. The number of carbonyl (C=O) groups excluding carboxylic acids is 2. The first-order valence-electron chi connectivity index (χ1n) is 11.3. The fourth-order valence-corrected chi connectivity index (χ4v) is 3.17. The van der Waals surface area contributed by atoms with E-state index >= 15 is 0 Å². The van der Waals surface area contributed by atoms with E-state index in [4.69, 9.17) is 14.2 Å². The van der Waals surface area contributed by atoms with Gasteiger partial charge in [-0.2, -0.15) is 5.10 Å². The SMILES string of the molecule is CCOc1cc(C=NNC(=O)CC(=O)Nc2ccccc2OC)ccc1OCc1ccc([N+](=O)[O-])cc1. The van der Waals surface area contributed by atoms with Gasteiger partial charge in [0.25, 0.3) is 5.69 Å². The lowest BCUT2D eigenvalue weighted by Gasteiger charge is -2.12. The van der Waals surface area contributed by atoms with Crippen LogP contribution in [0.2, 0.25) is 0 Å². The number of nitrogens with zero attached hydrogens (tertiary/aromatic N) is 2. The molecule has 0 unspecified atom stereocenters. The summed E-state index contributed by atoms with van der Waals surface area (Å²) in [6, 6.07) is 18.1. The maximum atomic E-state index is 12.1. The number of nitro benzene ring substituents is 1. The highest BCUT2D eigenvalue weighted by Gasteiger charge is 2.12. The fraction of sp³-hybridized carbons (Fsp3) is 0.192. The second-order valence-electron chi connectivity index (χ2n) is 7.57. The minimum absolute atomic E-state index is 0.00606. The Labute approximate surface area is 213 Å². The molecule has 0 saturated carbocycles. The van der Waals surface area contributed by atoms with Gasteiger partial charge in [0.05, 0.1) is 30.5 Å². The van der Waals surface area contributed by atoms with Crippen LogP contribution < -0.4 is 25.0 Å². The van der Waals surface area contributed by atoms with Gasteiger partial charge in [-0.25, -0.2) is 5.43 Å². The number of hydrazone groups is 1. The molecule has 3 rings (SSSR count). The quantitative estimate of drug-likeness (QED) is 0.163. The van der Waals surface area contributed by atoms with E-state index in [2.05, 4.69) is 15.8 Å². The van der Waals surface area contributed by atoms with Crippen LogP contribution in [0, 0.1) is 10.1 Å². The summed E-state index contributed by atoms with van der Waals surface area (Å²) in [7, 11) is 1.49. The molecule has 11 heteroatoms. The molecular formula is C26H26N4O7. The van der Waals surface area contributed by atoms with Crippen molar-refractivity contribution in [3.63, 3.8) is 0 Å². The van der Waals surface area contributed by atoms with Crippen LogP contribution in [0.4, 0.5) is 11.4 Å². The molecule has 192 valence electrons. The van der Waals surface area contributed by atoms with E-state index in [0.717, 1.165) is 5.56 Å². The Morgan fingerprint density at radius 1 is 0.973 bits per heavy atom. The average Bonchev–Trinajstić information content (AvgIpc) is 2.89. The lowest BCUT2D eigenvalue weighted by atomic mass is 10.2. The van der Waals surface area contributed by atoms with Crippen LogP contribution in [-0.2, 0) is 16.2 Å². The first-order chi connectivity index (χ1) is 17.9. The molecule has 0 heterocycles. The number of hydrogen-bond donors (Lipinski definition) is 2. The standard InChI is InChI=1S/C26H26N4O7/c1-3-36-24-14-19(10-13-23(24)37-17-18-8-11-20(12-9-18)30(33)34)16-27-29-26(32)15-25(31)28-21-6-4-5-7-22(21)35-2/h4-14,16H,3,15,17H2,1-2H3,(H,28,31)(H,29,32). The molecule has 2 N–H and O–H groups in total. The second-order valence-corrected chi connectivity index (χ2v) is 7.57. The second kappa shape index (κ2) is 13.2. The van der Waals surface area contributed by atoms with Crippen molar-refractivity contribution in [2.24, 2.45) is 5.10 Å². The molecule has 3 aromatic carbocycles. The van der Waals surface area contributed by atoms with Gasteiger partial charge in [-0.1, -0.05) is 12.1 Å². The van der Waals surface area contributed by atoms with E-state index in [1.165, 1.54) is 25.5 Å². The van der Waals surface area contributed by atoms with Crippen LogP contribution in [0.15, 0.2) is 71.8 Å². The van der Waals surface area contributed by atoms with E-state index in [1.807, 2.05) is 6.92 Å². The third kappa shape index (κ3) is 8.06. The van der Waals surface area contributed by atoms with E-state index < -0.39 is 23.2 Å². The van der Waals surface area contributed by atoms with E-state index in [1.54, 1.807) is 54.6 Å². The van der Waals surface area contributed by atoms with Crippen molar-refractivity contribution in [2.45, 2.75) is 20.0 Å². The van der Waals surface area contributed by atoms with Crippen LogP contribution in [0.25, 0.3) is 0 Å². The maximum Gasteiger partial charge on any atom is 0.269 e. The number of benzene rings is 3. The molecule has 0 aromatic heterocycles. The van der Waals surface area contributed by atoms with E-state index in [0.29, 0.717) is 35.1 Å². The molecule has 0 aliphatic rings. The Bertz CT molecular complexity index is 1280. The zero-order chi connectivity index (χ0) is 26.6. The Morgan fingerprint density at radius 3 is 2.43 bits per heavy atom. The first kappa shape index (κ1) is 26.7. The summed E-state index contributed by atoms with van der Waals surface area (Å²) in [6.07, 6.45) is 0.994. The van der Waals surface area contributed by atoms with Crippen LogP contribution >= 0.6 is 0 Å². The third-order valence-corrected chi connectivity index (χ3v) is 4.91. The zero-order valence-electron chi connectivity index (χ0n) is 20.3. The van der Waals surface area contributed by atoms with Gasteiger partial charge in [0.15, 0.2) is 11.5 Å². The minimum Gasteiger partial charge on any atom is -0.495 e. The van der Waals surface area contributed by atoms with Crippen LogP contribution in [0.3, 0.4) is 0 Å². The summed E-state index contributed by atoms with van der Waals surface area (Å²) < 4.78 is 16.6. The summed E-state index contributed by atoms with van der Waals surface area (Å²) in [5.41, 5.74) is 4.18. The predicted octanol–water partition coefficient (Wildman–Crippen LogP) is 4.06. The van der Waals surface area contributed by atoms with Gasteiger partial charge < -0.3 is 19.5 Å². The Morgan fingerprint density at radius 2 is 1.73 bits per heavy atom. The maximum absolute atomic E-state index is 12.1. The number of rotatable bonds is 12. The zero-order valence-corrected chi connectivity index (χ0v) is 20.3. The van der Waals surface area contributed by atoms with Gasteiger partial charge in [-0.15, -0.1) is 0 Å². The average molecular weight is 507 g/mol. The number of anilines is 1. The smallest absolute Gasteiger partial charge is 0.269 e. The Balaban J connectivity index is 1.55. The fourth-order valence-electron chi connectivity index (χ4n) is 3.17. The molecule has 0 spiro atoms. The molecule has 0 aliphatic carbocycles. The normalized spacial score (nSPS) is 10.5. The van der Waals surface area contributed by atoms with Crippen molar-refractivity contribution in [1.29, 1.82) is 0 Å². The summed E-state index contributed by atoms with van der Waals surface area (Å²) >= 11 is 0. The van der Waals surface area contributed by atoms with E-state index in [9.17, 15) is 19.7 Å². The highest BCUT2D eigenvalue weighted by Crippen LogP contribution is 2.29. The molecular weight excluding hydrogens is 480 g/mol. The minimum atomic E-state index is -0.586. The monoisotopic (exact) mass is 506 g/mol. The van der Waals surface area contributed by atoms with E-state index in [-0.39, 0.29) is 12.3 Å². The molecule has 11 nitrogen and oxygen atoms in total. The van der Waals surface area contributed by atoms with Crippen LogP contribution in [0.5, 0.6) is 17.2 Å². The van der Waals surface area contributed by atoms with Gasteiger partial charge in [-0.3, -0.25) is 19.7 Å². The number of para-hydroxylation sites is 2. The van der Waals surface area contributed by atoms with Gasteiger partial charge in [-0.05, 0) is 60.5 Å². The molecule has 0 atom stereocenters. The topological polar surface area (TPSA) is 141 Å². The first-order valence-corrected chi connectivity index (χ1v) is 11.3. The Hall–Kier alpha value is -4.93.